The Bertz CT molecular complexity index is 1070. The van der Waals surface area contributed by atoms with Crippen molar-refractivity contribution >= 4 is 51.9 Å². The molecule has 0 saturated heterocycles. The van der Waals surface area contributed by atoms with Crippen molar-refractivity contribution in [2.75, 3.05) is 4.90 Å². The summed E-state index contributed by atoms with van der Waals surface area (Å²) in [5.74, 6) is -1.05. The van der Waals surface area contributed by atoms with E-state index in [9.17, 15) is 14.4 Å². The number of fused-ring (bicyclic) bond motifs is 2. The van der Waals surface area contributed by atoms with Crippen molar-refractivity contribution in [3.63, 3.8) is 0 Å². The summed E-state index contributed by atoms with van der Waals surface area (Å²) in [6.07, 6.45) is 0. The maximum absolute atomic E-state index is 13.7. The number of carbonyl (C=O) groups excluding carboxylic acids is 3. The van der Waals surface area contributed by atoms with Crippen LogP contribution in [-0.4, -0.2) is 27.9 Å². The van der Waals surface area contributed by atoms with Gasteiger partial charge in [0.15, 0.2) is 5.17 Å². The van der Waals surface area contributed by atoms with E-state index in [1.807, 2.05) is 36.4 Å². The molecule has 148 valence electrons. The van der Waals surface area contributed by atoms with Crippen LogP contribution in [0, 0.1) is 0 Å². The lowest BCUT2D eigenvalue weighted by Gasteiger charge is -2.29. The molecular formula is C20H17ClN4O3S. The van der Waals surface area contributed by atoms with Gasteiger partial charge in [-0.3, -0.25) is 14.4 Å². The van der Waals surface area contributed by atoms with E-state index in [1.54, 1.807) is 17.0 Å². The van der Waals surface area contributed by atoms with Gasteiger partial charge in [-0.15, -0.1) is 5.10 Å². The minimum atomic E-state index is -1.40. The number of benzene rings is 2. The number of hydrazone groups is 1. The molecule has 2 aliphatic heterocycles. The summed E-state index contributed by atoms with van der Waals surface area (Å²) in [5, 5.41) is 8.73. The van der Waals surface area contributed by atoms with Crippen LogP contribution in [0.25, 0.3) is 0 Å². The third-order valence-electron chi connectivity index (χ3n) is 4.70. The van der Waals surface area contributed by atoms with Crippen LogP contribution in [0.3, 0.4) is 0 Å². The highest BCUT2D eigenvalue weighted by molar-refractivity contribution is 8.15. The van der Waals surface area contributed by atoms with E-state index in [2.05, 4.69) is 10.4 Å². The van der Waals surface area contributed by atoms with Gasteiger partial charge in [-0.1, -0.05) is 48.0 Å². The second-order valence-corrected chi connectivity index (χ2v) is 8.25. The fourth-order valence-corrected chi connectivity index (χ4v) is 5.05. The first kappa shape index (κ1) is 19.5. The molecule has 3 amide bonds. The smallest absolute Gasteiger partial charge is 0.271 e. The monoisotopic (exact) mass is 428 g/mol. The molecule has 1 atom stereocenters. The summed E-state index contributed by atoms with van der Waals surface area (Å²) in [6, 6.07) is 14.6. The Morgan fingerprint density at radius 3 is 2.52 bits per heavy atom. The lowest BCUT2D eigenvalue weighted by atomic mass is 10.1. The van der Waals surface area contributed by atoms with Gasteiger partial charge in [-0.2, -0.15) is 5.01 Å². The lowest BCUT2D eigenvalue weighted by Crippen LogP contribution is -2.48. The molecule has 0 unspecified atom stereocenters. The minimum absolute atomic E-state index is 0.204. The second kappa shape index (κ2) is 7.20. The molecule has 2 aliphatic rings. The average molecular weight is 429 g/mol. The van der Waals surface area contributed by atoms with Crippen LogP contribution in [0.15, 0.2) is 53.6 Å². The topological polar surface area (TPSA) is 82.1 Å². The number of hydrogen-bond acceptors (Lipinski definition) is 5. The first-order chi connectivity index (χ1) is 13.8. The Labute approximate surface area is 176 Å². The Morgan fingerprint density at radius 2 is 1.83 bits per heavy atom. The molecule has 1 N–H and O–H groups in total. The van der Waals surface area contributed by atoms with E-state index in [1.165, 1.54) is 13.8 Å². The van der Waals surface area contributed by atoms with Gasteiger partial charge >= 0.3 is 0 Å². The average Bonchev–Trinajstić information content (AvgIpc) is 3.16. The largest absolute Gasteiger partial charge is 0.304 e. The summed E-state index contributed by atoms with van der Waals surface area (Å²) >= 11 is 7.36. The van der Waals surface area contributed by atoms with Gasteiger partial charge in [-0.25, -0.2) is 0 Å². The van der Waals surface area contributed by atoms with Crippen molar-refractivity contribution in [2.45, 2.75) is 25.3 Å². The molecule has 1 spiro atoms. The summed E-state index contributed by atoms with van der Waals surface area (Å²) in [6.45, 7) is 2.94. The van der Waals surface area contributed by atoms with Gasteiger partial charge < -0.3 is 10.2 Å². The maximum Gasteiger partial charge on any atom is 0.271 e. The van der Waals surface area contributed by atoms with Gasteiger partial charge in [0.25, 0.3) is 5.91 Å². The molecule has 4 rings (SSSR count). The number of nitrogens with one attached hydrogen (secondary N) is 1. The van der Waals surface area contributed by atoms with E-state index < -0.39 is 10.8 Å². The number of anilines is 1. The number of amides is 3. The van der Waals surface area contributed by atoms with Crippen molar-refractivity contribution in [2.24, 2.45) is 5.10 Å². The van der Waals surface area contributed by atoms with E-state index in [0.29, 0.717) is 16.3 Å². The van der Waals surface area contributed by atoms with Crippen molar-refractivity contribution < 1.29 is 14.4 Å². The Balaban J connectivity index is 1.81. The maximum atomic E-state index is 13.7. The number of rotatable bonds is 2. The highest BCUT2D eigenvalue weighted by atomic mass is 35.5. The van der Waals surface area contributed by atoms with Crippen LogP contribution in [0.1, 0.15) is 25.0 Å². The molecule has 29 heavy (non-hydrogen) atoms. The normalized spacial score (nSPS) is 20.1. The number of hydrogen-bond donors (Lipinski definition) is 1. The van der Waals surface area contributed by atoms with Crippen molar-refractivity contribution in [1.29, 1.82) is 0 Å². The van der Waals surface area contributed by atoms with E-state index in [4.69, 9.17) is 11.6 Å². The molecule has 7 nitrogen and oxygen atoms in total. The van der Waals surface area contributed by atoms with Gasteiger partial charge in [0, 0.05) is 24.4 Å². The third-order valence-corrected chi connectivity index (χ3v) is 6.30. The number of nitrogens with zero attached hydrogens (tertiary/aromatic N) is 3. The van der Waals surface area contributed by atoms with Gasteiger partial charge in [0.2, 0.25) is 16.7 Å². The predicted octanol–water partition coefficient (Wildman–Crippen LogP) is 3.04. The SMILES string of the molecule is CC(=O)NC1=NN(C(C)=O)[C@@]2(S1)C(=O)N(Cc1ccccc1Cl)c1ccccc12. The fourth-order valence-electron chi connectivity index (χ4n) is 3.52. The van der Waals surface area contributed by atoms with Crippen LogP contribution in [0.2, 0.25) is 5.02 Å². The second-order valence-electron chi connectivity index (χ2n) is 6.66. The number of thioether (sulfide) groups is 1. The molecule has 0 saturated carbocycles. The molecule has 2 heterocycles. The van der Waals surface area contributed by atoms with Crippen LogP contribution in [-0.2, 0) is 25.8 Å². The van der Waals surface area contributed by atoms with Crippen molar-refractivity contribution in [1.82, 2.24) is 10.3 Å². The van der Waals surface area contributed by atoms with Gasteiger partial charge in [0.1, 0.15) is 0 Å². The quantitative estimate of drug-likeness (QED) is 0.797. The lowest BCUT2D eigenvalue weighted by molar-refractivity contribution is -0.139. The van der Waals surface area contributed by atoms with Crippen LogP contribution >= 0.6 is 23.4 Å². The third kappa shape index (κ3) is 3.08. The van der Waals surface area contributed by atoms with Crippen LogP contribution in [0.4, 0.5) is 5.69 Å². The van der Waals surface area contributed by atoms with E-state index in [-0.39, 0.29) is 23.5 Å². The number of para-hydroxylation sites is 1. The molecule has 0 aliphatic carbocycles. The van der Waals surface area contributed by atoms with E-state index >= 15 is 0 Å². The number of amidine groups is 1. The van der Waals surface area contributed by atoms with E-state index in [0.717, 1.165) is 22.3 Å². The summed E-state index contributed by atoms with van der Waals surface area (Å²) in [4.78, 5) is 37.9. The first-order valence-corrected chi connectivity index (χ1v) is 10.0. The molecule has 0 bridgehead atoms. The summed E-state index contributed by atoms with van der Waals surface area (Å²) in [5.41, 5.74) is 2.10. The molecular weight excluding hydrogens is 412 g/mol. The molecule has 0 radical (unpaired) electrons. The van der Waals surface area contributed by atoms with Crippen molar-refractivity contribution in [3.05, 3.63) is 64.7 Å². The Hall–Kier alpha value is -2.84. The summed E-state index contributed by atoms with van der Waals surface area (Å²) < 4.78 is 0. The zero-order valence-electron chi connectivity index (χ0n) is 15.7. The molecule has 0 fully saturated rings. The predicted molar refractivity (Wildman–Crippen MR) is 112 cm³/mol. The van der Waals surface area contributed by atoms with Crippen LogP contribution < -0.4 is 10.2 Å². The molecule has 2 aromatic rings. The minimum Gasteiger partial charge on any atom is -0.304 e. The highest BCUT2D eigenvalue weighted by Crippen LogP contribution is 2.54. The Morgan fingerprint density at radius 1 is 1.14 bits per heavy atom. The standard InChI is InChI=1S/C20H17ClN4O3S/c1-12(26)22-19-23-25(13(2)27)20(29-19)15-8-4-6-10-17(15)24(18(20)28)11-14-7-3-5-9-16(14)21/h3-10H,11H2,1-2H3,(H,22,23,26)/t20-/m0/s1. The van der Waals surface area contributed by atoms with Crippen molar-refractivity contribution in [3.8, 4) is 0 Å². The molecule has 9 heteroatoms. The number of carbonyl (C=O) groups is 3. The number of halogens is 1. The first-order valence-electron chi connectivity index (χ1n) is 8.85. The van der Waals surface area contributed by atoms with Gasteiger partial charge in [0.05, 0.1) is 12.2 Å². The fraction of sp³-hybridized carbons (Fsp3) is 0.200. The molecule has 2 aromatic carbocycles. The van der Waals surface area contributed by atoms with Gasteiger partial charge in [-0.05, 0) is 29.5 Å². The highest BCUT2D eigenvalue weighted by Gasteiger charge is 2.61. The molecule has 0 aromatic heterocycles. The summed E-state index contributed by atoms with van der Waals surface area (Å²) in [7, 11) is 0. The Kier molecular flexibility index (Phi) is 4.84. The zero-order chi connectivity index (χ0) is 20.8. The van der Waals surface area contributed by atoms with Crippen LogP contribution in [0.5, 0.6) is 0 Å². The zero-order valence-corrected chi connectivity index (χ0v) is 17.3.